The van der Waals surface area contributed by atoms with Crippen LogP contribution in [0.4, 0.5) is 5.82 Å². The van der Waals surface area contributed by atoms with Gasteiger partial charge in [0.2, 0.25) is 5.82 Å². The molecule has 2 N–H and O–H groups in total. The third kappa shape index (κ3) is 3.66. The number of hydrogen-bond donors (Lipinski definition) is 2. The number of anilines is 1. The van der Waals surface area contributed by atoms with Gasteiger partial charge in [-0.25, -0.2) is 14.8 Å². The molecule has 2 atom stereocenters. The molecule has 2 unspecified atom stereocenters. The maximum atomic E-state index is 11.4. The fraction of sp³-hybridized carbons (Fsp3) is 0.643. The zero-order chi connectivity index (χ0) is 14.4. The van der Waals surface area contributed by atoms with E-state index in [1.165, 1.54) is 26.1 Å². The monoisotopic (exact) mass is 279 g/mol. The van der Waals surface area contributed by atoms with E-state index in [1.807, 2.05) is 0 Å². The van der Waals surface area contributed by atoms with Gasteiger partial charge >= 0.3 is 5.97 Å². The first-order chi connectivity index (χ1) is 9.74. The summed E-state index contributed by atoms with van der Waals surface area (Å²) in [5.74, 6) is 0.936. The van der Waals surface area contributed by atoms with Crippen LogP contribution in [0.3, 0.4) is 0 Å². The Morgan fingerprint density at radius 1 is 1.45 bits per heavy atom. The second-order valence-corrected chi connectivity index (χ2v) is 5.13. The van der Waals surface area contributed by atoms with E-state index in [0.29, 0.717) is 17.7 Å². The number of rotatable bonds is 5. The number of nitrogens with zero attached hydrogens (tertiary/aromatic N) is 2. The van der Waals surface area contributed by atoms with Gasteiger partial charge in [-0.15, -0.1) is 0 Å². The van der Waals surface area contributed by atoms with Crippen molar-refractivity contribution >= 4 is 11.8 Å². The standard InChI is InChI=1S/C14H21N3O3/c1-20-14(19)13-15-7-6-12(17-13)16-8-10-4-2-3-5-11(10)9-18/h6-7,10-11,18H,2-5,8-9H2,1H3,(H,15,16,17). The Balaban J connectivity index is 1.94. The molecule has 0 bridgehead atoms. The van der Waals surface area contributed by atoms with Crippen LogP contribution in [-0.4, -0.2) is 41.3 Å². The molecule has 6 heteroatoms. The number of aromatic nitrogens is 2. The van der Waals surface area contributed by atoms with Crippen molar-refractivity contribution in [2.24, 2.45) is 11.8 Å². The number of nitrogens with one attached hydrogen (secondary N) is 1. The van der Waals surface area contributed by atoms with Crippen molar-refractivity contribution in [2.75, 3.05) is 25.6 Å². The molecule has 110 valence electrons. The summed E-state index contributed by atoms with van der Waals surface area (Å²) in [6, 6.07) is 1.73. The molecule has 6 nitrogen and oxygen atoms in total. The fourth-order valence-corrected chi connectivity index (χ4v) is 2.68. The van der Waals surface area contributed by atoms with Crippen LogP contribution in [0.5, 0.6) is 0 Å². The summed E-state index contributed by atoms with van der Waals surface area (Å²) in [6.45, 7) is 0.992. The first-order valence-electron chi connectivity index (χ1n) is 7.00. The number of methoxy groups -OCH3 is 1. The van der Waals surface area contributed by atoms with Crippen molar-refractivity contribution in [1.29, 1.82) is 0 Å². The molecule has 1 heterocycles. The normalized spacial score (nSPS) is 22.3. The average Bonchev–Trinajstić information content (AvgIpc) is 2.52. The predicted molar refractivity (Wildman–Crippen MR) is 74.4 cm³/mol. The lowest BCUT2D eigenvalue weighted by molar-refractivity contribution is 0.0587. The van der Waals surface area contributed by atoms with Crippen molar-refractivity contribution in [3.8, 4) is 0 Å². The zero-order valence-corrected chi connectivity index (χ0v) is 11.7. The molecule has 1 aromatic heterocycles. The van der Waals surface area contributed by atoms with Crippen molar-refractivity contribution in [1.82, 2.24) is 9.97 Å². The summed E-state index contributed by atoms with van der Waals surface area (Å²) in [5.41, 5.74) is 0. The summed E-state index contributed by atoms with van der Waals surface area (Å²) in [6.07, 6.45) is 6.14. The van der Waals surface area contributed by atoms with Crippen LogP contribution in [0, 0.1) is 11.8 Å². The predicted octanol–water partition coefficient (Wildman–Crippen LogP) is 1.47. The van der Waals surface area contributed by atoms with Crippen LogP contribution in [-0.2, 0) is 4.74 Å². The highest BCUT2D eigenvalue weighted by Crippen LogP contribution is 2.29. The van der Waals surface area contributed by atoms with Crippen molar-refractivity contribution in [3.05, 3.63) is 18.1 Å². The van der Waals surface area contributed by atoms with Crippen LogP contribution in [0.25, 0.3) is 0 Å². The lowest BCUT2D eigenvalue weighted by Crippen LogP contribution is -2.29. The number of carbonyl (C=O) groups excluding carboxylic acids is 1. The smallest absolute Gasteiger partial charge is 0.376 e. The highest BCUT2D eigenvalue weighted by atomic mass is 16.5. The maximum absolute atomic E-state index is 11.4. The summed E-state index contributed by atoms with van der Waals surface area (Å²) in [5, 5.41) is 12.6. The van der Waals surface area contributed by atoms with Gasteiger partial charge in [-0.3, -0.25) is 0 Å². The summed E-state index contributed by atoms with van der Waals surface area (Å²) in [4.78, 5) is 19.4. The molecule has 0 aliphatic heterocycles. The highest BCUT2D eigenvalue weighted by molar-refractivity contribution is 5.85. The molecule has 1 fully saturated rings. The van der Waals surface area contributed by atoms with E-state index in [1.54, 1.807) is 6.07 Å². The molecule has 1 saturated carbocycles. The van der Waals surface area contributed by atoms with E-state index in [0.717, 1.165) is 19.4 Å². The number of esters is 1. The minimum absolute atomic E-state index is 0.0554. The molecule has 0 amide bonds. The molecule has 0 radical (unpaired) electrons. The number of aliphatic hydroxyl groups excluding tert-OH is 1. The molecule has 0 aromatic carbocycles. The van der Waals surface area contributed by atoms with Gasteiger partial charge in [0.05, 0.1) is 7.11 Å². The van der Waals surface area contributed by atoms with E-state index < -0.39 is 5.97 Å². The first-order valence-corrected chi connectivity index (χ1v) is 7.00. The van der Waals surface area contributed by atoms with Crippen LogP contribution in [0.2, 0.25) is 0 Å². The van der Waals surface area contributed by atoms with Gasteiger partial charge in [-0.2, -0.15) is 0 Å². The van der Waals surface area contributed by atoms with Crippen LogP contribution in [0.15, 0.2) is 12.3 Å². The van der Waals surface area contributed by atoms with Gasteiger partial charge in [0.1, 0.15) is 5.82 Å². The molecule has 2 rings (SSSR count). The quantitative estimate of drug-likeness (QED) is 0.794. The van der Waals surface area contributed by atoms with Gasteiger partial charge < -0.3 is 15.2 Å². The highest BCUT2D eigenvalue weighted by Gasteiger charge is 2.24. The average molecular weight is 279 g/mol. The topological polar surface area (TPSA) is 84.3 Å². The van der Waals surface area contributed by atoms with E-state index in [-0.39, 0.29) is 12.4 Å². The van der Waals surface area contributed by atoms with Gasteiger partial charge in [0.15, 0.2) is 0 Å². The lowest BCUT2D eigenvalue weighted by atomic mass is 9.79. The van der Waals surface area contributed by atoms with Gasteiger partial charge in [0, 0.05) is 19.3 Å². The Hall–Kier alpha value is -1.69. The van der Waals surface area contributed by atoms with E-state index >= 15 is 0 Å². The second-order valence-electron chi connectivity index (χ2n) is 5.13. The largest absolute Gasteiger partial charge is 0.463 e. The fourth-order valence-electron chi connectivity index (χ4n) is 2.68. The molecular formula is C14H21N3O3. The van der Waals surface area contributed by atoms with E-state index in [4.69, 9.17) is 0 Å². The molecule has 0 spiro atoms. The third-order valence-electron chi connectivity index (χ3n) is 3.87. The number of carbonyl (C=O) groups is 1. The minimum atomic E-state index is -0.542. The summed E-state index contributed by atoms with van der Waals surface area (Å²) < 4.78 is 4.60. The Kier molecular flexibility index (Phi) is 5.29. The number of ether oxygens (including phenoxy) is 1. The Labute approximate surface area is 118 Å². The van der Waals surface area contributed by atoms with Crippen LogP contribution < -0.4 is 5.32 Å². The van der Waals surface area contributed by atoms with E-state index in [2.05, 4.69) is 20.0 Å². The van der Waals surface area contributed by atoms with E-state index in [9.17, 15) is 9.90 Å². The van der Waals surface area contributed by atoms with Gasteiger partial charge in [0.25, 0.3) is 0 Å². The lowest BCUT2D eigenvalue weighted by Gasteiger charge is -2.30. The van der Waals surface area contributed by atoms with Gasteiger partial charge in [-0.1, -0.05) is 12.8 Å². The summed E-state index contributed by atoms with van der Waals surface area (Å²) >= 11 is 0. The van der Waals surface area contributed by atoms with Crippen molar-refractivity contribution in [3.63, 3.8) is 0 Å². The second kappa shape index (κ2) is 7.19. The molecule has 0 saturated heterocycles. The Morgan fingerprint density at radius 3 is 2.90 bits per heavy atom. The Bertz CT molecular complexity index is 453. The Morgan fingerprint density at radius 2 is 2.20 bits per heavy atom. The van der Waals surface area contributed by atoms with Crippen molar-refractivity contribution < 1.29 is 14.6 Å². The number of hydrogen-bond acceptors (Lipinski definition) is 6. The molecule has 1 aromatic rings. The minimum Gasteiger partial charge on any atom is -0.463 e. The first kappa shape index (κ1) is 14.7. The maximum Gasteiger partial charge on any atom is 0.376 e. The summed E-state index contributed by atoms with van der Waals surface area (Å²) in [7, 11) is 1.31. The zero-order valence-electron chi connectivity index (χ0n) is 11.7. The third-order valence-corrected chi connectivity index (χ3v) is 3.87. The van der Waals surface area contributed by atoms with Crippen LogP contribution in [0.1, 0.15) is 36.3 Å². The van der Waals surface area contributed by atoms with Crippen LogP contribution >= 0.6 is 0 Å². The molecule has 1 aliphatic carbocycles. The SMILES string of the molecule is COC(=O)c1nccc(NCC2CCCCC2CO)n1. The molecular weight excluding hydrogens is 258 g/mol. The van der Waals surface area contributed by atoms with Gasteiger partial charge in [-0.05, 0) is 30.7 Å². The molecule has 20 heavy (non-hydrogen) atoms. The van der Waals surface area contributed by atoms with Crippen molar-refractivity contribution in [2.45, 2.75) is 25.7 Å². The number of aliphatic hydroxyl groups is 1. The molecule has 1 aliphatic rings.